The predicted octanol–water partition coefficient (Wildman–Crippen LogP) is 2.16. The van der Waals surface area contributed by atoms with Crippen molar-refractivity contribution in [2.24, 2.45) is 0 Å². The number of nitrogens with zero attached hydrogens (tertiary/aromatic N) is 2. The number of urea groups is 1. The maximum absolute atomic E-state index is 13.9. The summed E-state index contributed by atoms with van der Waals surface area (Å²) < 4.78 is 18.8. The molecule has 0 aliphatic carbocycles. The van der Waals surface area contributed by atoms with Crippen molar-refractivity contribution in [3.63, 3.8) is 0 Å². The number of nitrogens with one attached hydrogen (secondary N) is 1. The molecule has 1 aliphatic rings. The van der Waals surface area contributed by atoms with E-state index in [-0.39, 0.29) is 37.2 Å². The average molecular weight is 385 g/mol. The van der Waals surface area contributed by atoms with Gasteiger partial charge in [0, 0.05) is 19.2 Å². The number of halogens is 1. The van der Waals surface area contributed by atoms with E-state index in [4.69, 9.17) is 4.74 Å². The van der Waals surface area contributed by atoms with E-state index in [1.807, 2.05) is 0 Å². The van der Waals surface area contributed by atoms with Crippen molar-refractivity contribution in [2.75, 3.05) is 20.7 Å². The van der Waals surface area contributed by atoms with Gasteiger partial charge < -0.3 is 15.0 Å². The molecule has 1 fully saturated rings. The molecule has 4 amide bonds. The Kier molecular flexibility index (Phi) is 5.58. The lowest BCUT2D eigenvalue weighted by Gasteiger charge is -2.21. The number of methoxy groups -OCH3 is 1. The lowest BCUT2D eigenvalue weighted by atomic mass is 10.1. The molecule has 7 nitrogen and oxygen atoms in total. The molecule has 0 aromatic heterocycles. The molecular weight excluding hydrogens is 365 g/mol. The van der Waals surface area contributed by atoms with Crippen molar-refractivity contribution in [3.05, 3.63) is 65.0 Å². The second-order valence-corrected chi connectivity index (χ2v) is 6.43. The third kappa shape index (κ3) is 3.95. The summed E-state index contributed by atoms with van der Waals surface area (Å²) >= 11 is 0. The second-order valence-electron chi connectivity index (χ2n) is 6.43. The Balaban J connectivity index is 1.77. The van der Waals surface area contributed by atoms with Gasteiger partial charge in [0.25, 0.3) is 5.91 Å². The van der Waals surface area contributed by atoms with Crippen LogP contribution in [0.4, 0.5) is 9.18 Å². The van der Waals surface area contributed by atoms with Crippen LogP contribution in [0.2, 0.25) is 0 Å². The van der Waals surface area contributed by atoms with Crippen LogP contribution in [0.5, 0.6) is 5.75 Å². The van der Waals surface area contributed by atoms with Gasteiger partial charge in [0.15, 0.2) is 11.6 Å². The Hall–Kier alpha value is -3.42. The molecule has 1 saturated heterocycles. The van der Waals surface area contributed by atoms with Gasteiger partial charge in [0.2, 0.25) is 5.91 Å². The minimum Gasteiger partial charge on any atom is -0.494 e. The molecule has 8 heteroatoms. The molecule has 28 heavy (non-hydrogen) atoms. The maximum atomic E-state index is 13.9. The van der Waals surface area contributed by atoms with Crippen LogP contribution in [0.3, 0.4) is 0 Å². The number of rotatable bonds is 6. The highest BCUT2D eigenvalue weighted by molar-refractivity contribution is 6.02. The molecule has 0 bridgehead atoms. The van der Waals surface area contributed by atoms with E-state index in [0.717, 1.165) is 4.90 Å². The van der Waals surface area contributed by atoms with E-state index in [1.54, 1.807) is 37.4 Å². The predicted molar refractivity (Wildman–Crippen MR) is 99.1 cm³/mol. The minimum absolute atomic E-state index is 0.0115. The van der Waals surface area contributed by atoms with Gasteiger partial charge in [-0.15, -0.1) is 0 Å². The Morgan fingerprint density at radius 2 is 2.00 bits per heavy atom. The SMILES string of the molecule is COc1ccc(CN(C)C(=O)c2ccccc2CN2C(=O)CNC2=O)cc1F. The van der Waals surface area contributed by atoms with Crippen LogP contribution in [0.25, 0.3) is 0 Å². The maximum Gasteiger partial charge on any atom is 0.324 e. The zero-order valence-electron chi connectivity index (χ0n) is 15.6. The summed E-state index contributed by atoms with van der Waals surface area (Å²) in [5.74, 6) is -0.996. The molecule has 1 N–H and O–H groups in total. The minimum atomic E-state index is -0.500. The molecule has 1 aliphatic heterocycles. The molecule has 0 saturated carbocycles. The number of amides is 4. The molecule has 2 aromatic carbocycles. The fraction of sp³-hybridized carbons (Fsp3) is 0.250. The van der Waals surface area contributed by atoms with Gasteiger partial charge in [-0.1, -0.05) is 24.3 Å². The molecule has 0 radical (unpaired) electrons. The summed E-state index contributed by atoms with van der Waals surface area (Å²) in [5, 5.41) is 2.45. The van der Waals surface area contributed by atoms with Gasteiger partial charge >= 0.3 is 6.03 Å². The van der Waals surface area contributed by atoms with Crippen molar-refractivity contribution >= 4 is 17.8 Å². The van der Waals surface area contributed by atoms with Crippen molar-refractivity contribution < 1.29 is 23.5 Å². The molecule has 2 aromatic rings. The lowest BCUT2D eigenvalue weighted by molar-refractivity contribution is -0.125. The number of carbonyl (C=O) groups excluding carboxylic acids is 3. The average Bonchev–Trinajstić information content (AvgIpc) is 3.00. The number of benzene rings is 2. The van der Waals surface area contributed by atoms with Crippen molar-refractivity contribution in [2.45, 2.75) is 13.1 Å². The normalized spacial score (nSPS) is 13.5. The summed E-state index contributed by atoms with van der Waals surface area (Å²) in [4.78, 5) is 39.1. The summed E-state index contributed by atoms with van der Waals surface area (Å²) in [7, 11) is 2.99. The first-order valence-corrected chi connectivity index (χ1v) is 8.64. The van der Waals surface area contributed by atoms with Crippen LogP contribution in [0.15, 0.2) is 42.5 Å². The molecule has 146 valence electrons. The fourth-order valence-electron chi connectivity index (χ4n) is 3.01. The third-order valence-corrected chi connectivity index (χ3v) is 4.50. The quantitative estimate of drug-likeness (QED) is 0.773. The smallest absolute Gasteiger partial charge is 0.324 e. The van der Waals surface area contributed by atoms with Crippen LogP contribution in [-0.2, 0) is 17.9 Å². The van der Waals surface area contributed by atoms with Crippen LogP contribution in [-0.4, -0.2) is 48.3 Å². The topological polar surface area (TPSA) is 79.0 Å². The largest absolute Gasteiger partial charge is 0.494 e. The highest BCUT2D eigenvalue weighted by Gasteiger charge is 2.29. The molecular formula is C20H20FN3O4. The van der Waals surface area contributed by atoms with Gasteiger partial charge in [-0.05, 0) is 29.3 Å². The number of carbonyl (C=O) groups is 3. The molecule has 0 spiro atoms. The van der Waals surface area contributed by atoms with Gasteiger partial charge in [-0.2, -0.15) is 0 Å². The fourth-order valence-corrected chi connectivity index (χ4v) is 3.01. The van der Waals surface area contributed by atoms with Crippen molar-refractivity contribution in [1.82, 2.24) is 15.1 Å². The summed E-state index contributed by atoms with van der Waals surface area (Å²) in [6.07, 6.45) is 0. The van der Waals surface area contributed by atoms with Crippen LogP contribution in [0, 0.1) is 5.82 Å². The molecule has 0 atom stereocenters. The zero-order chi connectivity index (χ0) is 20.3. The van der Waals surface area contributed by atoms with E-state index >= 15 is 0 Å². The summed E-state index contributed by atoms with van der Waals surface area (Å²) in [6, 6.07) is 10.8. The Morgan fingerprint density at radius 1 is 1.25 bits per heavy atom. The van der Waals surface area contributed by atoms with Gasteiger partial charge in [0.1, 0.15) is 0 Å². The third-order valence-electron chi connectivity index (χ3n) is 4.50. The van der Waals surface area contributed by atoms with E-state index in [0.29, 0.717) is 16.7 Å². The van der Waals surface area contributed by atoms with Crippen molar-refractivity contribution in [1.29, 1.82) is 0 Å². The molecule has 1 heterocycles. The number of hydrogen-bond acceptors (Lipinski definition) is 4. The Morgan fingerprint density at radius 3 is 2.64 bits per heavy atom. The van der Waals surface area contributed by atoms with E-state index in [1.165, 1.54) is 24.1 Å². The van der Waals surface area contributed by atoms with Crippen molar-refractivity contribution in [3.8, 4) is 5.75 Å². The standard InChI is InChI=1S/C20H20FN3O4/c1-23(11-13-7-8-17(28-2)16(21)9-13)19(26)15-6-4-3-5-14(15)12-24-18(25)10-22-20(24)27/h3-9H,10-12H2,1-2H3,(H,22,27). The first-order valence-electron chi connectivity index (χ1n) is 8.64. The summed E-state index contributed by atoms with van der Waals surface area (Å²) in [5.41, 5.74) is 1.55. The molecule has 3 rings (SSSR count). The van der Waals surface area contributed by atoms with Crippen LogP contribution in [0.1, 0.15) is 21.5 Å². The van der Waals surface area contributed by atoms with E-state index < -0.39 is 11.8 Å². The summed E-state index contributed by atoms with van der Waals surface area (Å²) in [6.45, 7) is 0.159. The van der Waals surface area contributed by atoms with E-state index in [2.05, 4.69) is 5.32 Å². The highest BCUT2D eigenvalue weighted by atomic mass is 19.1. The Labute approximate surface area is 161 Å². The van der Waals surface area contributed by atoms with Crippen LogP contribution < -0.4 is 10.1 Å². The first kappa shape index (κ1) is 19.3. The number of imide groups is 1. The molecule has 0 unspecified atom stereocenters. The van der Waals surface area contributed by atoms with Gasteiger partial charge in [0.05, 0.1) is 20.2 Å². The zero-order valence-corrected chi connectivity index (χ0v) is 15.6. The lowest BCUT2D eigenvalue weighted by Crippen LogP contribution is -2.32. The van der Waals surface area contributed by atoms with E-state index in [9.17, 15) is 18.8 Å². The highest BCUT2D eigenvalue weighted by Crippen LogP contribution is 2.20. The van der Waals surface area contributed by atoms with Crippen LogP contribution >= 0.6 is 0 Å². The monoisotopic (exact) mass is 385 g/mol. The second kappa shape index (κ2) is 8.08. The first-order chi connectivity index (χ1) is 13.4. The number of ether oxygens (including phenoxy) is 1. The van der Waals surface area contributed by atoms with Gasteiger partial charge in [-0.25, -0.2) is 9.18 Å². The van der Waals surface area contributed by atoms with Gasteiger partial charge in [-0.3, -0.25) is 14.5 Å². The number of hydrogen-bond donors (Lipinski definition) is 1. The Bertz CT molecular complexity index is 915.